The summed E-state index contributed by atoms with van der Waals surface area (Å²) in [6.07, 6.45) is 5.87. The fourth-order valence-corrected chi connectivity index (χ4v) is 4.53. The lowest BCUT2D eigenvalue weighted by Crippen LogP contribution is -2.39. The summed E-state index contributed by atoms with van der Waals surface area (Å²) >= 11 is 0. The van der Waals surface area contributed by atoms with Crippen molar-refractivity contribution in [1.82, 2.24) is 9.97 Å². The van der Waals surface area contributed by atoms with E-state index in [-0.39, 0.29) is 47.2 Å². The van der Waals surface area contributed by atoms with Gasteiger partial charge in [-0.15, -0.1) is 0 Å². The Bertz CT molecular complexity index is 1140. The molecule has 32 heavy (non-hydrogen) atoms. The van der Waals surface area contributed by atoms with Gasteiger partial charge in [0.1, 0.15) is 17.3 Å². The second-order valence-electron chi connectivity index (χ2n) is 8.56. The molecular formula is C25H26F2N4O. The van der Waals surface area contributed by atoms with Gasteiger partial charge in [-0.25, -0.2) is 13.8 Å². The van der Waals surface area contributed by atoms with E-state index in [0.717, 1.165) is 30.4 Å². The SMILES string of the molecule is Cc1ccc(F)c(-c2cccc(C(=O)Cc3cnccc3C3C[C@@H](N)C[C@@H](N)C3)n2)c1F. The van der Waals surface area contributed by atoms with Gasteiger partial charge in [0, 0.05) is 30.9 Å². The zero-order valence-corrected chi connectivity index (χ0v) is 17.9. The Labute approximate surface area is 185 Å². The monoisotopic (exact) mass is 436 g/mol. The van der Waals surface area contributed by atoms with Crippen molar-refractivity contribution >= 4 is 5.78 Å². The van der Waals surface area contributed by atoms with Crippen LogP contribution in [0.15, 0.2) is 48.8 Å². The maximum atomic E-state index is 14.6. The summed E-state index contributed by atoms with van der Waals surface area (Å²) in [5.41, 5.74) is 14.5. The first kappa shape index (κ1) is 22.2. The number of aryl methyl sites for hydroxylation is 1. The number of pyridine rings is 2. The molecule has 3 atom stereocenters. The third-order valence-corrected chi connectivity index (χ3v) is 6.09. The highest BCUT2D eigenvalue weighted by Gasteiger charge is 2.28. The molecule has 0 radical (unpaired) electrons. The van der Waals surface area contributed by atoms with E-state index in [2.05, 4.69) is 9.97 Å². The number of benzene rings is 1. The molecule has 5 nitrogen and oxygen atoms in total. The molecule has 0 amide bonds. The molecule has 0 aliphatic heterocycles. The Kier molecular flexibility index (Phi) is 6.39. The summed E-state index contributed by atoms with van der Waals surface area (Å²) in [7, 11) is 0. The minimum Gasteiger partial charge on any atom is -0.328 e. The largest absolute Gasteiger partial charge is 0.328 e. The van der Waals surface area contributed by atoms with E-state index < -0.39 is 11.6 Å². The van der Waals surface area contributed by atoms with E-state index in [0.29, 0.717) is 5.56 Å². The molecule has 3 aromatic rings. The molecule has 0 spiro atoms. The number of rotatable bonds is 5. The third kappa shape index (κ3) is 4.59. The standard InChI is InChI=1S/C25H26F2N4O/c1-14-5-6-20(26)24(25(14)27)22-4-2-3-21(31-22)23(32)11-16-13-30-8-7-19(16)15-9-17(28)12-18(29)10-15/h2-8,13,15,17-18H,9-12,28-29H2,1H3/t15?,17-,18+. The number of carbonyl (C=O) groups excluding carboxylic acids is 1. The van der Waals surface area contributed by atoms with Gasteiger partial charge < -0.3 is 11.5 Å². The second-order valence-corrected chi connectivity index (χ2v) is 8.56. The maximum absolute atomic E-state index is 14.6. The Morgan fingerprint density at radius 1 is 1.06 bits per heavy atom. The van der Waals surface area contributed by atoms with Gasteiger partial charge in [-0.3, -0.25) is 9.78 Å². The average molecular weight is 437 g/mol. The number of hydrogen-bond acceptors (Lipinski definition) is 5. The van der Waals surface area contributed by atoms with Crippen molar-refractivity contribution in [2.24, 2.45) is 11.5 Å². The first-order valence-electron chi connectivity index (χ1n) is 10.7. The van der Waals surface area contributed by atoms with Crippen LogP contribution in [0.3, 0.4) is 0 Å². The fraction of sp³-hybridized carbons (Fsp3) is 0.320. The Balaban J connectivity index is 1.62. The van der Waals surface area contributed by atoms with Crippen LogP contribution in [0, 0.1) is 18.6 Å². The highest BCUT2D eigenvalue weighted by Crippen LogP contribution is 2.34. The maximum Gasteiger partial charge on any atom is 0.185 e. The molecule has 1 saturated carbocycles. The van der Waals surface area contributed by atoms with Crippen LogP contribution in [-0.4, -0.2) is 27.8 Å². The summed E-state index contributed by atoms with van der Waals surface area (Å²) in [4.78, 5) is 21.5. The molecule has 0 saturated heterocycles. The molecule has 1 fully saturated rings. The molecule has 1 unspecified atom stereocenters. The molecule has 1 aliphatic rings. The second kappa shape index (κ2) is 9.22. The first-order valence-corrected chi connectivity index (χ1v) is 10.7. The number of aromatic nitrogens is 2. The van der Waals surface area contributed by atoms with Crippen LogP contribution < -0.4 is 11.5 Å². The minimum absolute atomic E-state index is 0.0259. The number of nitrogens with two attached hydrogens (primary N) is 2. The molecule has 7 heteroatoms. The quantitative estimate of drug-likeness (QED) is 0.588. The van der Waals surface area contributed by atoms with Gasteiger partial charge in [-0.05, 0) is 73.1 Å². The highest BCUT2D eigenvalue weighted by molar-refractivity contribution is 5.96. The molecule has 4 N–H and O–H groups in total. The van der Waals surface area contributed by atoms with Crippen molar-refractivity contribution in [2.75, 3.05) is 0 Å². The molecular weight excluding hydrogens is 410 g/mol. The smallest absolute Gasteiger partial charge is 0.185 e. The summed E-state index contributed by atoms with van der Waals surface area (Å²) in [6, 6.07) is 9.18. The van der Waals surface area contributed by atoms with E-state index in [1.165, 1.54) is 18.2 Å². The average Bonchev–Trinajstić information content (AvgIpc) is 2.76. The van der Waals surface area contributed by atoms with Gasteiger partial charge >= 0.3 is 0 Å². The molecule has 166 valence electrons. The van der Waals surface area contributed by atoms with E-state index >= 15 is 0 Å². The molecule has 1 aromatic carbocycles. The zero-order chi connectivity index (χ0) is 22.8. The molecule has 0 bridgehead atoms. The first-order chi connectivity index (χ1) is 15.3. The van der Waals surface area contributed by atoms with E-state index in [4.69, 9.17) is 11.5 Å². The van der Waals surface area contributed by atoms with Crippen LogP contribution in [0.25, 0.3) is 11.3 Å². The van der Waals surface area contributed by atoms with E-state index in [1.54, 1.807) is 31.5 Å². The number of nitrogens with zero attached hydrogens (tertiary/aromatic N) is 2. The van der Waals surface area contributed by atoms with Crippen LogP contribution in [0.2, 0.25) is 0 Å². The molecule has 1 aliphatic carbocycles. The summed E-state index contributed by atoms with van der Waals surface area (Å²) in [6.45, 7) is 1.56. The number of halogens is 2. The fourth-order valence-electron chi connectivity index (χ4n) is 4.53. The molecule has 4 rings (SSSR count). The van der Waals surface area contributed by atoms with Gasteiger partial charge in [-0.1, -0.05) is 12.1 Å². The van der Waals surface area contributed by atoms with E-state index in [9.17, 15) is 13.6 Å². The lowest BCUT2D eigenvalue weighted by molar-refractivity contribution is 0.0988. The van der Waals surface area contributed by atoms with Crippen molar-refractivity contribution in [1.29, 1.82) is 0 Å². The van der Waals surface area contributed by atoms with Crippen molar-refractivity contribution in [3.05, 3.63) is 82.8 Å². The number of ketones is 1. The number of Topliss-reactive ketones (excluding diaryl/α,β-unsaturated/α-hetero) is 1. The lowest BCUT2D eigenvalue weighted by atomic mass is 9.78. The van der Waals surface area contributed by atoms with Crippen LogP contribution in [0.5, 0.6) is 0 Å². The minimum atomic E-state index is -0.718. The van der Waals surface area contributed by atoms with Gasteiger partial charge in [0.25, 0.3) is 0 Å². The van der Waals surface area contributed by atoms with Crippen LogP contribution in [-0.2, 0) is 6.42 Å². The summed E-state index contributed by atoms with van der Waals surface area (Å²) in [5, 5.41) is 0. The Morgan fingerprint density at radius 3 is 2.56 bits per heavy atom. The number of hydrogen-bond donors (Lipinski definition) is 2. The van der Waals surface area contributed by atoms with Gasteiger partial charge in [0.05, 0.1) is 11.3 Å². The van der Waals surface area contributed by atoms with Crippen molar-refractivity contribution in [2.45, 2.75) is 50.6 Å². The van der Waals surface area contributed by atoms with Crippen molar-refractivity contribution in [3.8, 4) is 11.3 Å². The van der Waals surface area contributed by atoms with E-state index in [1.807, 2.05) is 6.07 Å². The van der Waals surface area contributed by atoms with Crippen LogP contribution >= 0.6 is 0 Å². The van der Waals surface area contributed by atoms with Crippen LogP contribution in [0.1, 0.15) is 52.4 Å². The summed E-state index contributed by atoms with van der Waals surface area (Å²) in [5.74, 6) is -1.49. The van der Waals surface area contributed by atoms with Gasteiger partial charge in [0.15, 0.2) is 5.78 Å². The topological polar surface area (TPSA) is 94.9 Å². The third-order valence-electron chi connectivity index (χ3n) is 6.09. The van der Waals surface area contributed by atoms with Crippen molar-refractivity contribution in [3.63, 3.8) is 0 Å². The normalized spacial score (nSPS) is 20.8. The Hall–Kier alpha value is -3.03. The molecule has 2 heterocycles. The predicted molar refractivity (Wildman–Crippen MR) is 119 cm³/mol. The zero-order valence-electron chi connectivity index (χ0n) is 17.9. The molecule has 2 aromatic heterocycles. The highest BCUT2D eigenvalue weighted by atomic mass is 19.1. The predicted octanol–water partition coefficient (Wildman–Crippen LogP) is 4.08. The van der Waals surface area contributed by atoms with Crippen molar-refractivity contribution < 1.29 is 13.6 Å². The van der Waals surface area contributed by atoms with Crippen LogP contribution in [0.4, 0.5) is 8.78 Å². The Morgan fingerprint density at radius 2 is 1.81 bits per heavy atom. The summed E-state index contributed by atoms with van der Waals surface area (Å²) < 4.78 is 28.9. The number of carbonyl (C=O) groups is 1. The van der Waals surface area contributed by atoms with Gasteiger partial charge in [-0.2, -0.15) is 0 Å². The van der Waals surface area contributed by atoms with Gasteiger partial charge in [0.2, 0.25) is 0 Å². The lowest BCUT2D eigenvalue weighted by Gasteiger charge is -2.32.